The second kappa shape index (κ2) is 4.03. The molecule has 70 valence electrons. The van der Waals surface area contributed by atoms with Crippen molar-refractivity contribution in [1.29, 1.82) is 0 Å². The zero-order valence-electron chi connectivity index (χ0n) is 7.38. The predicted octanol–water partition coefficient (Wildman–Crippen LogP) is 2.02. The number of rotatable bonds is 3. The fraction of sp³-hybridized carbons (Fsp3) is 0.300. The van der Waals surface area contributed by atoms with Gasteiger partial charge < -0.3 is 5.11 Å². The molecule has 1 rings (SSSR count). The van der Waals surface area contributed by atoms with E-state index in [4.69, 9.17) is 5.11 Å². The number of benzene rings is 1. The topological polar surface area (TPSA) is 37.3 Å². The van der Waals surface area contributed by atoms with E-state index < -0.39 is 5.97 Å². The van der Waals surface area contributed by atoms with Gasteiger partial charge >= 0.3 is 5.97 Å². The molecular formula is C10H11FO2. The van der Waals surface area contributed by atoms with Crippen LogP contribution in [0.5, 0.6) is 0 Å². The lowest BCUT2D eigenvalue weighted by Gasteiger charge is -2.03. The van der Waals surface area contributed by atoms with E-state index in [9.17, 15) is 9.18 Å². The molecule has 0 aliphatic carbocycles. The van der Waals surface area contributed by atoms with Crippen LogP contribution in [0.3, 0.4) is 0 Å². The van der Waals surface area contributed by atoms with E-state index >= 15 is 0 Å². The highest BCUT2D eigenvalue weighted by Crippen LogP contribution is 2.13. The second-order valence-electron chi connectivity index (χ2n) is 2.81. The van der Waals surface area contributed by atoms with Crippen molar-refractivity contribution in [2.24, 2.45) is 0 Å². The van der Waals surface area contributed by atoms with Gasteiger partial charge in [-0.1, -0.05) is 25.1 Å². The first-order chi connectivity index (χ1) is 6.15. The molecule has 0 fully saturated rings. The van der Waals surface area contributed by atoms with Crippen molar-refractivity contribution in [3.8, 4) is 0 Å². The first-order valence-corrected chi connectivity index (χ1v) is 4.13. The number of halogens is 1. The summed E-state index contributed by atoms with van der Waals surface area (Å²) in [6.45, 7) is 1.84. The van der Waals surface area contributed by atoms with Gasteiger partial charge in [-0.15, -0.1) is 0 Å². The van der Waals surface area contributed by atoms with Gasteiger partial charge in [0, 0.05) is 0 Å². The number of carboxylic acids is 1. The first-order valence-electron chi connectivity index (χ1n) is 4.13. The lowest BCUT2D eigenvalue weighted by Crippen LogP contribution is -2.04. The van der Waals surface area contributed by atoms with Gasteiger partial charge in [-0.25, -0.2) is 4.39 Å². The Balaban J connectivity index is 3.01. The number of aryl methyl sites for hydroxylation is 1. The van der Waals surface area contributed by atoms with Crippen LogP contribution in [0.15, 0.2) is 18.2 Å². The van der Waals surface area contributed by atoms with E-state index in [0.717, 1.165) is 0 Å². The van der Waals surface area contributed by atoms with Crippen LogP contribution in [0.2, 0.25) is 0 Å². The predicted molar refractivity (Wildman–Crippen MR) is 47.1 cm³/mol. The third kappa shape index (κ3) is 2.28. The van der Waals surface area contributed by atoms with Gasteiger partial charge in [-0.2, -0.15) is 0 Å². The summed E-state index contributed by atoms with van der Waals surface area (Å²) in [4.78, 5) is 10.4. The zero-order chi connectivity index (χ0) is 9.84. The highest BCUT2D eigenvalue weighted by Gasteiger charge is 2.09. The highest BCUT2D eigenvalue weighted by molar-refractivity contribution is 5.70. The average molecular weight is 182 g/mol. The standard InChI is InChI=1S/C10H11FO2/c1-2-7-4-3-5-8(10(7)11)6-9(12)13/h3-5H,2,6H2,1H3,(H,12,13). The maximum absolute atomic E-state index is 13.4. The molecule has 0 amide bonds. The minimum absolute atomic E-state index is 0.250. The summed E-state index contributed by atoms with van der Waals surface area (Å²) < 4.78 is 13.4. The molecule has 0 heterocycles. The van der Waals surface area contributed by atoms with Crippen molar-refractivity contribution in [2.75, 3.05) is 0 Å². The summed E-state index contributed by atoms with van der Waals surface area (Å²) in [7, 11) is 0. The van der Waals surface area contributed by atoms with Crippen LogP contribution >= 0.6 is 0 Å². The molecule has 2 nitrogen and oxygen atoms in total. The molecule has 1 aromatic rings. The monoisotopic (exact) mass is 182 g/mol. The zero-order valence-corrected chi connectivity index (χ0v) is 7.38. The van der Waals surface area contributed by atoms with Gasteiger partial charge in [-0.3, -0.25) is 4.79 Å². The summed E-state index contributed by atoms with van der Waals surface area (Å²) in [5, 5.41) is 8.49. The van der Waals surface area contributed by atoms with Crippen molar-refractivity contribution >= 4 is 5.97 Å². The Hall–Kier alpha value is -1.38. The van der Waals surface area contributed by atoms with E-state index in [1.54, 1.807) is 12.1 Å². The summed E-state index contributed by atoms with van der Waals surface area (Å²) in [5.74, 6) is -1.39. The lowest BCUT2D eigenvalue weighted by atomic mass is 10.1. The third-order valence-electron chi connectivity index (χ3n) is 1.88. The second-order valence-corrected chi connectivity index (χ2v) is 2.81. The minimum atomic E-state index is -1.01. The van der Waals surface area contributed by atoms with Crippen LogP contribution in [-0.2, 0) is 17.6 Å². The quantitative estimate of drug-likeness (QED) is 0.776. The molecule has 0 spiro atoms. The Kier molecular flexibility index (Phi) is 3.01. The Bertz CT molecular complexity index is 321. The van der Waals surface area contributed by atoms with Crippen LogP contribution in [0.4, 0.5) is 4.39 Å². The van der Waals surface area contributed by atoms with Crippen molar-refractivity contribution in [3.05, 3.63) is 35.1 Å². The number of hydrogen-bond donors (Lipinski definition) is 1. The summed E-state index contributed by atoms with van der Waals surface area (Å²) in [5.41, 5.74) is 0.825. The summed E-state index contributed by atoms with van der Waals surface area (Å²) in [6.07, 6.45) is 0.332. The van der Waals surface area contributed by atoms with Crippen LogP contribution in [0.1, 0.15) is 18.1 Å². The van der Waals surface area contributed by atoms with Gasteiger partial charge in [0.05, 0.1) is 6.42 Å². The van der Waals surface area contributed by atoms with Crippen LogP contribution in [-0.4, -0.2) is 11.1 Å². The average Bonchev–Trinajstić information content (AvgIpc) is 2.08. The molecule has 1 N–H and O–H groups in total. The molecule has 0 radical (unpaired) electrons. The fourth-order valence-electron chi connectivity index (χ4n) is 1.21. The maximum atomic E-state index is 13.4. The molecule has 0 unspecified atom stereocenters. The molecule has 0 atom stereocenters. The number of aliphatic carboxylic acids is 1. The maximum Gasteiger partial charge on any atom is 0.307 e. The van der Waals surface area contributed by atoms with E-state index in [1.165, 1.54) is 6.07 Å². The van der Waals surface area contributed by atoms with Crippen molar-refractivity contribution < 1.29 is 14.3 Å². The van der Waals surface area contributed by atoms with E-state index in [-0.39, 0.29) is 17.8 Å². The first kappa shape index (κ1) is 9.71. The molecule has 0 bridgehead atoms. The van der Waals surface area contributed by atoms with E-state index in [1.807, 2.05) is 6.92 Å². The molecule has 0 aliphatic rings. The molecule has 0 aliphatic heterocycles. The van der Waals surface area contributed by atoms with Gasteiger partial charge in [0.15, 0.2) is 0 Å². The SMILES string of the molecule is CCc1cccc(CC(=O)O)c1F. The van der Waals surface area contributed by atoms with Gasteiger partial charge in [0.25, 0.3) is 0 Å². The summed E-state index contributed by atoms with van der Waals surface area (Å²) in [6, 6.07) is 4.85. The lowest BCUT2D eigenvalue weighted by molar-refractivity contribution is -0.136. The molecule has 0 saturated heterocycles. The smallest absolute Gasteiger partial charge is 0.307 e. The molecule has 0 aromatic heterocycles. The number of carbonyl (C=O) groups is 1. The van der Waals surface area contributed by atoms with Crippen LogP contribution in [0, 0.1) is 5.82 Å². The normalized spacial score (nSPS) is 10.0. The fourth-order valence-corrected chi connectivity index (χ4v) is 1.21. The van der Waals surface area contributed by atoms with Gasteiger partial charge in [-0.05, 0) is 17.5 Å². The van der Waals surface area contributed by atoms with Crippen LogP contribution < -0.4 is 0 Å². The van der Waals surface area contributed by atoms with Gasteiger partial charge in [0.2, 0.25) is 0 Å². The molecule has 1 aromatic carbocycles. The summed E-state index contributed by atoms with van der Waals surface area (Å²) >= 11 is 0. The number of carboxylic acid groups (broad SMARTS) is 1. The molecule has 13 heavy (non-hydrogen) atoms. The Morgan fingerprint density at radius 2 is 2.08 bits per heavy atom. The highest BCUT2D eigenvalue weighted by atomic mass is 19.1. The Morgan fingerprint density at radius 1 is 1.46 bits per heavy atom. The molecule has 0 saturated carbocycles. The van der Waals surface area contributed by atoms with Crippen LogP contribution in [0.25, 0.3) is 0 Å². The van der Waals surface area contributed by atoms with Crippen molar-refractivity contribution in [3.63, 3.8) is 0 Å². The van der Waals surface area contributed by atoms with E-state index in [2.05, 4.69) is 0 Å². The van der Waals surface area contributed by atoms with Gasteiger partial charge in [0.1, 0.15) is 5.82 Å². The number of hydrogen-bond acceptors (Lipinski definition) is 1. The van der Waals surface area contributed by atoms with E-state index in [0.29, 0.717) is 12.0 Å². The van der Waals surface area contributed by atoms with Crippen molar-refractivity contribution in [2.45, 2.75) is 19.8 Å². The minimum Gasteiger partial charge on any atom is -0.481 e. The Labute approximate surface area is 76.0 Å². The molecule has 3 heteroatoms. The largest absolute Gasteiger partial charge is 0.481 e. The third-order valence-corrected chi connectivity index (χ3v) is 1.88. The molecular weight excluding hydrogens is 171 g/mol. The van der Waals surface area contributed by atoms with Crippen molar-refractivity contribution in [1.82, 2.24) is 0 Å². The Morgan fingerprint density at radius 3 is 2.62 bits per heavy atom.